The second-order valence-electron chi connectivity index (χ2n) is 8.61. The number of nitrogens with zero attached hydrogens (tertiary/aromatic N) is 1. The van der Waals surface area contributed by atoms with Gasteiger partial charge in [0.1, 0.15) is 5.54 Å². The number of benzene rings is 1. The number of halogens is 2. The van der Waals surface area contributed by atoms with Gasteiger partial charge in [-0.2, -0.15) is 0 Å². The molecule has 0 radical (unpaired) electrons. The number of hydrogen-bond donors (Lipinski definition) is 3. The molecular weight excluding hydrogens is 455 g/mol. The SMILES string of the molecule is CC(=O)NC1CCCCC1(c1ccc(Cl)c(Cl)c1)[N+]1(C)CCCC1.O=C(O)/C=C/C(=O)O. The highest BCUT2D eigenvalue weighted by Gasteiger charge is 2.57. The fraction of sp³-hybridized carbons (Fsp3) is 0.522. The van der Waals surface area contributed by atoms with Crippen LogP contribution >= 0.6 is 23.2 Å². The smallest absolute Gasteiger partial charge is 0.328 e. The number of carboxylic acid groups (broad SMARTS) is 2. The molecule has 1 saturated carbocycles. The number of aliphatic carboxylic acids is 2. The maximum atomic E-state index is 11.9. The van der Waals surface area contributed by atoms with Crippen LogP contribution in [0.3, 0.4) is 0 Å². The minimum absolute atomic E-state index is 0.0529. The van der Waals surface area contributed by atoms with Gasteiger partial charge < -0.3 is 20.0 Å². The lowest BCUT2D eigenvalue weighted by Gasteiger charge is -2.55. The Labute approximate surface area is 198 Å². The molecular formula is C23H31Cl2N2O5+. The Morgan fingerprint density at radius 2 is 1.62 bits per heavy atom. The van der Waals surface area contributed by atoms with Crippen LogP contribution in [0.4, 0.5) is 0 Å². The van der Waals surface area contributed by atoms with Crippen molar-refractivity contribution < 1.29 is 29.1 Å². The van der Waals surface area contributed by atoms with Crippen LogP contribution in [0.1, 0.15) is 51.0 Å². The van der Waals surface area contributed by atoms with E-state index in [9.17, 15) is 14.4 Å². The van der Waals surface area contributed by atoms with Gasteiger partial charge in [0.05, 0.1) is 36.2 Å². The third-order valence-electron chi connectivity index (χ3n) is 6.56. The van der Waals surface area contributed by atoms with Gasteiger partial charge in [0.15, 0.2) is 0 Å². The minimum Gasteiger partial charge on any atom is -0.478 e. The Balaban J connectivity index is 0.000000390. The Hall–Kier alpha value is -2.09. The van der Waals surface area contributed by atoms with Gasteiger partial charge in [0, 0.05) is 43.9 Å². The zero-order valence-electron chi connectivity index (χ0n) is 18.4. The summed E-state index contributed by atoms with van der Waals surface area (Å²) in [6.45, 7) is 3.92. The molecule has 176 valence electrons. The number of rotatable bonds is 5. The molecule has 1 amide bonds. The second kappa shape index (κ2) is 11.2. The molecule has 1 aromatic carbocycles. The number of likely N-dealkylation sites (tertiary alicyclic amines) is 1. The van der Waals surface area contributed by atoms with E-state index in [1.54, 1.807) is 6.92 Å². The van der Waals surface area contributed by atoms with E-state index >= 15 is 0 Å². The standard InChI is InChI=1S/C19H26Cl2N2O.C4H4O4/c1-14(24)22-18-7-3-4-10-19(18,23(2)11-5-6-12-23)15-8-9-16(20)17(21)13-15;5-3(6)1-2-4(7)8/h8-9,13,18H,3-7,10-12H2,1-2H3;1-2H,(H,5,6)(H,7,8)/p+1/b;2-1+. The van der Waals surface area contributed by atoms with Crippen molar-refractivity contribution in [3.8, 4) is 0 Å². The molecule has 7 nitrogen and oxygen atoms in total. The van der Waals surface area contributed by atoms with Gasteiger partial charge in [-0.25, -0.2) is 9.59 Å². The lowest BCUT2D eigenvalue weighted by molar-refractivity contribution is -0.960. The lowest BCUT2D eigenvalue weighted by Crippen LogP contribution is -2.68. The van der Waals surface area contributed by atoms with E-state index in [1.807, 2.05) is 12.1 Å². The molecule has 1 aromatic rings. The highest BCUT2D eigenvalue weighted by molar-refractivity contribution is 6.42. The van der Waals surface area contributed by atoms with Crippen LogP contribution in [0.15, 0.2) is 30.4 Å². The zero-order valence-corrected chi connectivity index (χ0v) is 20.0. The van der Waals surface area contributed by atoms with E-state index < -0.39 is 11.9 Å². The summed E-state index contributed by atoms with van der Waals surface area (Å²) >= 11 is 12.5. The predicted molar refractivity (Wildman–Crippen MR) is 124 cm³/mol. The van der Waals surface area contributed by atoms with E-state index in [2.05, 4.69) is 18.4 Å². The van der Waals surface area contributed by atoms with Crippen molar-refractivity contribution in [2.75, 3.05) is 20.1 Å². The van der Waals surface area contributed by atoms with Crippen molar-refractivity contribution in [3.63, 3.8) is 0 Å². The number of quaternary nitrogens is 1. The highest BCUT2D eigenvalue weighted by atomic mass is 35.5. The van der Waals surface area contributed by atoms with Crippen LogP contribution in [-0.2, 0) is 19.9 Å². The maximum absolute atomic E-state index is 11.9. The molecule has 9 heteroatoms. The summed E-state index contributed by atoms with van der Waals surface area (Å²) in [6, 6.07) is 6.20. The number of amides is 1. The maximum Gasteiger partial charge on any atom is 0.328 e. The summed E-state index contributed by atoms with van der Waals surface area (Å²) in [4.78, 5) is 31.0. The Morgan fingerprint density at radius 3 is 2.12 bits per heavy atom. The third kappa shape index (κ3) is 6.03. The van der Waals surface area contributed by atoms with Crippen molar-refractivity contribution >= 4 is 41.0 Å². The van der Waals surface area contributed by atoms with Crippen molar-refractivity contribution in [1.82, 2.24) is 5.32 Å². The molecule has 1 heterocycles. The van der Waals surface area contributed by atoms with Crippen LogP contribution in [0.5, 0.6) is 0 Å². The molecule has 0 spiro atoms. The zero-order chi connectivity index (χ0) is 23.9. The van der Waals surface area contributed by atoms with Gasteiger partial charge in [-0.05, 0) is 25.0 Å². The molecule has 2 unspecified atom stereocenters. The molecule has 3 N–H and O–H groups in total. The summed E-state index contributed by atoms with van der Waals surface area (Å²) in [7, 11) is 2.36. The number of carboxylic acids is 2. The Bertz CT molecular complexity index is 867. The second-order valence-corrected chi connectivity index (χ2v) is 9.43. The van der Waals surface area contributed by atoms with E-state index in [0.717, 1.165) is 36.8 Å². The van der Waals surface area contributed by atoms with E-state index in [0.29, 0.717) is 22.2 Å². The average molecular weight is 486 g/mol. The lowest BCUT2D eigenvalue weighted by atomic mass is 9.70. The van der Waals surface area contributed by atoms with Crippen LogP contribution in [0, 0.1) is 0 Å². The van der Waals surface area contributed by atoms with Crippen molar-refractivity contribution in [3.05, 3.63) is 46.0 Å². The number of hydrogen-bond acceptors (Lipinski definition) is 3. The molecule has 32 heavy (non-hydrogen) atoms. The van der Waals surface area contributed by atoms with Crippen molar-refractivity contribution in [2.45, 2.75) is 57.0 Å². The van der Waals surface area contributed by atoms with Gasteiger partial charge in [-0.15, -0.1) is 0 Å². The number of carbonyl (C=O) groups excluding carboxylic acids is 1. The van der Waals surface area contributed by atoms with E-state index in [1.165, 1.54) is 24.8 Å². The van der Waals surface area contributed by atoms with E-state index in [4.69, 9.17) is 33.4 Å². The summed E-state index contributed by atoms with van der Waals surface area (Å²) in [5, 5.41) is 20.1. The summed E-state index contributed by atoms with van der Waals surface area (Å²) in [6.07, 6.45) is 8.04. The van der Waals surface area contributed by atoms with Crippen molar-refractivity contribution in [1.29, 1.82) is 0 Å². The Morgan fingerprint density at radius 1 is 1.03 bits per heavy atom. The number of likely N-dealkylation sites (N-methyl/N-ethyl adjacent to an activating group) is 1. The first-order valence-corrected chi connectivity index (χ1v) is 11.5. The topological polar surface area (TPSA) is 104 Å². The van der Waals surface area contributed by atoms with E-state index in [-0.39, 0.29) is 17.5 Å². The molecule has 1 aliphatic heterocycles. The quantitative estimate of drug-likeness (QED) is 0.427. The monoisotopic (exact) mass is 485 g/mol. The van der Waals surface area contributed by atoms with Gasteiger partial charge >= 0.3 is 11.9 Å². The minimum atomic E-state index is -1.26. The largest absolute Gasteiger partial charge is 0.478 e. The van der Waals surface area contributed by atoms with Crippen LogP contribution < -0.4 is 5.32 Å². The fourth-order valence-electron chi connectivity index (χ4n) is 5.24. The van der Waals surface area contributed by atoms with Gasteiger partial charge in [0.2, 0.25) is 5.91 Å². The van der Waals surface area contributed by atoms with Crippen LogP contribution in [0.2, 0.25) is 10.0 Å². The summed E-state index contributed by atoms with van der Waals surface area (Å²) in [5.74, 6) is -2.46. The molecule has 3 rings (SSSR count). The average Bonchev–Trinajstić information content (AvgIpc) is 3.17. The fourth-order valence-corrected chi connectivity index (χ4v) is 5.53. The molecule has 1 saturated heterocycles. The van der Waals surface area contributed by atoms with Crippen LogP contribution in [0.25, 0.3) is 0 Å². The normalized spacial score (nSPS) is 24.4. The molecule has 2 aliphatic rings. The summed E-state index contributed by atoms with van der Waals surface area (Å²) in [5.41, 5.74) is 1.11. The molecule has 0 bridgehead atoms. The molecule has 2 atom stereocenters. The first-order valence-electron chi connectivity index (χ1n) is 10.7. The molecule has 1 aliphatic carbocycles. The number of nitrogens with one attached hydrogen (secondary N) is 1. The molecule has 2 fully saturated rings. The highest BCUT2D eigenvalue weighted by Crippen LogP contribution is 2.49. The third-order valence-corrected chi connectivity index (χ3v) is 7.30. The molecule has 0 aromatic heterocycles. The van der Waals surface area contributed by atoms with Gasteiger partial charge in [0.25, 0.3) is 0 Å². The first-order chi connectivity index (χ1) is 15.0. The Kier molecular flexibility index (Phi) is 9.13. The number of carbonyl (C=O) groups is 3. The van der Waals surface area contributed by atoms with Crippen LogP contribution in [-0.4, -0.2) is 58.7 Å². The van der Waals surface area contributed by atoms with Crippen molar-refractivity contribution in [2.24, 2.45) is 0 Å². The van der Waals surface area contributed by atoms with Gasteiger partial charge in [-0.3, -0.25) is 4.79 Å². The van der Waals surface area contributed by atoms with Gasteiger partial charge in [-0.1, -0.05) is 35.7 Å². The summed E-state index contributed by atoms with van der Waals surface area (Å²) < 4.78 is 0.982. The predicted octanol–water partition coefficient (Wildman–Crippen LogP) is 4.22. The first kappa shape index (κ1) is 26.2.